The molecule has 4 heterocycles. The van der Waals surface area contributed by atoms with Crippen molar-refractivity contribution < 1.29 is 15.0 Å². The molecule has 2 unspecified atom stereocenters. The number of Topliss-reactive ketones (excluding diaryl/α,β-unsaturated/α-hetero) is 1. The van der Waals surface area contributed by atoms with Crippen LogP contribution in [0.25, 0.3) is 16.8 Å². The number of carbonyl (C=O) groups excluding carboxylic acids is 1. The summed E-state index contributed by atoms with van der Waals surface area (Å²) in [6, 6.07) is 5.94. The molecule has 0 radical (unpaired) electrons. The summed E-state index contributed by atoms with van der Waals surface area (Å²) in [5.41, 5.74) is 4.51. The maximum Gasteiger partial charge on any atom is 0.241 e. The van der Waals surface area contributed by atoms with Crippen LogP contribution in [0.4, 0.5) is 20.4 Å². The molecule has 0 spiro atoms. The number of nitrogens with one attached hydrogen (secondary N) is 1. The predicted octanol–water partition coefficient (Wildman–Crippen LogP) is 6.22. The lowest BCUT2D eigenvalue weighted by Gasteiger charge is -2.51. The van der Waals surface area contributed by atoms with Crippen LogP contribution in [0.15, 0.2) is 35.6 Å². The number of alkyl halides is 2. The summed E-state index contributed by atoms with van der Waals surface area (Å²) in [6.45, 7) is 4.09. The molecule has 3 aromatic rings. The fraction of sp³-hybridized carbons (Fsp3) is 0.519. The molecule has 190 valence electrons. The van der Waals surface area contributed by atoms with E-state index in [1.165, 1.54) is 0 Å². The van der Waals surface area contributed by atoms with E-state index in [9.17, 15) is 13.6 Å². The standard InChI is InChI=1S/C27H30F2N6O.H2/c1-15-20(11-24(28)29)25-22(31-15)7-6-21(33-25)19-8-9-35-23(19)14-30-26(34-35)32-17-12-27(2,13-17)16-4-3-5-18(36)10-16;/h6-9,14,16-17,20,24H,3-5,10-13H2,1-2H3,(H,32,34);1H. The first kappa shape index (κ1) is 23.2. The van der Waals surface area contributed by atoms with Gasteiger partial charge in [-0.1, -0.05) is 6.92 Å². The summed E-state index contributed by atoms with van der Waals surface area (Å²) in [6.07, 6.45) is 6.62. The summed E-state index contributed by atoms with van der Waals surface area (Å²) in [4.78, 5) is 25.6. The first-order valence-corrected chi connectivity index (χ1v) is 12.8. The smallest absolute Gasteiger partial charge is 0.241 e. The highest BCUT2D eigenvalue weighted by Gasteiger charge is 2.47. The number of nitrogens with zero attached hydrogens (tertiary/aromatic N) is 5. The molecule has 2 atom stereocenters. The Morgan fingerprint density at radius 2 is 2.11 bits per heavy atom. The molecule has 6 rings (SSSR count). The number of hydrogen-bond acceptors (Lipinski definition) is 6. The van der Waals surface area contributed by atoms with Crippen molar-refractivity contribution in [2.75, 3.05) is 5.32 Å². The molecule has 2 aliphatic carbocycles. The van der Waals surface area contributed by atoms with Gasteiger partial charge >= 0.3 is 0 Å². The van der Waals surface area contributed by atoms with Crippen molar-refractivity contribution in [3.05, 3.63) is 36.3 Å². The summed E-state index contributed by atoms with van der Waals surface area (Å²) in [5.74, 6) is 1.01. The summed E-state index contributed by atoms with van der Waals surface area (Å²) < 4.78 is 28.0. The van der Waals surface area contributed by atoms with Crippen LogP contribution in [-0.4, -0.2) is 43.5 Å². The Morgan fingerprint density at radius 1 is 1.28 bits per heavy atom. The highest BCUT2D eigenvalue weighted by atomic mass is 19.3. The molecular formula is C27H32F2N6O. The van der Waals surface area contributed by atoms with Crippen molar-refractivity contribution in [3.63, 3.8) is 0 Å². The molecular weight excluding hydrogens is 462 g/mol. The number of aromatic nitrogens is 4. The second-order valence-electron chi connectivity index (χ2n) is 10.9. The van der Waals surface area contributed by atoms with Gasteiger partial charge in [-0.25, -0.2) is 23.3 Å². The van der Waals surface area contributed by atoms with E-state index in [2.05, 4.69) is 27.3 Å². The maximum atomic E-state index is 13.1. The molecule has 0 amide bonds. The van der Waals surface area contributed by atoms with Crippen LogP contribution < -0.4 is 5.32 Å². The highest BCUT2D eigenvalue weighted by molar-refractivity contribution is 5.96. The summed E-state index contributed by atoms with van der Waals surface area (Å²) in [5, 5.41) is 8.10. The predicted molar refractivity (Wildman–Crippen MR) is 136 cm³/mol. The highest BCUT2D eigenvalue weighted by Crippen LogP contribution is 2.51. The first-order chi connectivity index (χ1) is 17.3. The second kappa shape index (κ2) is 8.71. The van der Waals surface area contributed by atoms with E-state index in [-0.39, 0.29) is 13.3 Å². The second-order valence-corrected chi connectivity index (χ2v) is 10.9. The zero-order valence-electron chi connectivity index (χ0n) is 20.5. The minimum atomic E-state index is -2.41. The fourth-order valence-electron chi connectivity index (χ4n) is 6.38. The Balaban J connectivity index is 0.00000280. The lowest BCUT2D eigenvalue weighted by Crippen LogP contribution is -2.49. The number of pyridine rings is 1. The molecule has 0 bridgehead atoms. The van der Waals surface area contributed by atoms with E-state index in [1.807, 2.05) is 24.4 Å². The molecule has 36 heavy (non-hydrogen) atoms. The van der Waals surface area contributed by atoms with E-state index in [0.717, 1.165) is 49.6 Å². The monoisotopic (exact) mass is 494 g/mol. The molecule has 0 aromatic carbocycles. The van der Waals surface area contributed by atoms with Gasteiger partial charge in [0, 0.05) is 50.1 Å². The van der Waals surface area contributed by atoms with Crippen LogP contribution in [0.2, 0.25) is 0 Å². The molecule has 1 aliphatic heterocycles. The van der Waals surface area contributed by atoms with Gasteiger partial charge in [0.15, 0.2) is 0 Å². The number of hydrogen-bond donors (Lipinski definition) is 1. The van der Waals surface area contributed by atoms with Gasteiger partial charge in [0.1, 0.15) is 5.78 Å². The van der Waals surface area contributed by atoms with Gasteiger partial charge < -0.3 is 5.32 Å². The summed E-state index contributed by atoms with van der Waals surface area (Å²) >= 11 is 0. The molecule has 7 nitrogen and oxygen atoms in total. The normalized spacial score (nSPS) is 27.8. The molecule has 2 fully saturated rings. The van der Waals surface area contributed by atoms with Crippen LogP contribution in [-0.2, 0) is 4.79 Å². The molecule has 3 aliphatic rings. The third-order valence-corrected chi connectivity index (χ3v) is 8.37. The zero-order valence-corrected chi connectivity index (χ0v) is 20.5. The number of ketones is 1. The quantitative estimate of drug-likeness (QED) is 0.440. The minimum absolute atomic E-state index is 0. The van der Waals surface area contributed by atoms with Crippen molar-refractivity contribution in [2.24, 2.45) is 16.3 Å². The SMILES string of the molecule is CC1=Nc2ccc(-c3ccn4nc(NC5CC(C)(C6CCCC(=O)C6)C5)ncc34)nc2C1CC(F)F.[HH]. The van der Waals surface area contributed by atoms with E-state index in [4.69, 9.17) is 4.98 Å². The van der Waals surface area contributed by atoms with E-state index in [1.54, 1.807) is 17.6 Å². The van der Waals surface area contributed by atoms with Crippen LogP contribution in [0.1, 0.15) is 71.8 Å². The molecule has 0 saturated heterocycles. The van der Waals surface area contributed by atoms with E-state index in [0.29, 0.717) is 46.5 Å². The van der Waals surface area contributed by atoms with Crippen molar-refractivity contribution >= 4 is 28.6 Å². The van der Waals surface area contributed by atoms with Gasteiger partial charge in [-0.15, -0.1) is 5.10 Å². The lowest BCUT2D eigenvalue weighted by atomic mass is 9.56. The Labute approximate surface area is 209 Å². The molecule has 9 heteroatoms. The van der Waals surface area contributed by atoms with Crippen LogP contribution in [0.5, 0.6) is 0 Å². The first-order valence-electron chi connectivity index (χ1n) is 12.8. The van der Waals surface area contributed by atoms with E-state index >= 15 is 0 Å². The van der Waals surface area contributed by atoms with Crippen molar-refractivity contribution in [2.45, 2.75) is 77.2 Å². The van der Waals surface area contributed by atoms with Gasteiger partial charge in [0.2, 0.25) is 12.4 Å². The third-order valence-electron chi connectivity index (χ3n) is 8.37. The van der Waals surface area contributed by atoms with E-state index < -0.39 is 12.3 Å². The van der Waals surface area contributed by atoms with Crippen molar-refractivity contribution in [1.29, 1.82) is 0 Å². The average Bonchev–Trinajstić information content (AvgIpc) is 3.38. The Hall–Kier alpha value is -3.23. The average molecular weight is 495 g/mol. The molecule has 1 N–H and O–H groups in total. The Kier molecular flexibility index (Phi) is 5.61. The zero-order chi connectivity index (χ0) is 25.0. The van der Waals surface area contributed by atoms with Gasteiger partial charge in [0.25, 0.3) is 0 Å². The van der Waals surface area contributed by atoms with Crippen LogP contribution in [0.3, 0.4) is 0 Å². The number of carbonyl (C=O) groups is 1. The lowest BCUT2D eigenvalue weighted by molar-refractivity contribution is -0.124. The third kappa shape index (κ3) is 4.08. The maximum absolute atomic E-state index is 13.1. The van der Waals surface area contributed by atoms with Gasteiger partial charge in [-0.05, 0) is 62.1 Å². The number of fused-ring (bicyclic) bond motifs is 2. The van der Waals surface area contributed by atoms with Gasteiger partial charge in [-0.2, -0.15) is 0 Å². The van der Waals surface area contributed by atoms with Crippen molar-refractivity contribution in [3.8, 4) is 11.3 Å². The number of halogens is 2. The fourth-order valence-corrected chi connectivity index (χ4v) is 6.38. The summed E-state index contributed by atoms with van der Waals surface area (Å²) in [7, 11) is 0. The largest absolute Gasteiger partial charge is 0.350 e. The van der Waals surface area contributed by atoms with Crippen LogP contribution in [0, 0.1) is 11.3 Å². The van der Waals surface area contributed by atoms with Gasteiger partial charge in [-0.3, -0.25) is 9.79 Å². The Bertz CT molecular complexity index is 1370. The molecule has 3 aromatic heterocycles. The minimum Gasteiger partial charge on any atom is -0.350 e. The van der Waals surface area contributed by atoms with Crippen molar-refractivity contribution in [1.82, 2.24) is 19.6 Å². The number of aliphatic imine (C=N–C) groups is 1. The number of rotatable bonds is 6. The Morgan fingerprint density at radius 3 is 2.89 bits per heavy atom. The topological polar surface area (TPSA) is 84.5 Å². The molecule has 2 saturated carbocycles. The van der Waals surface area contributed by atoms with Gasteiger partial charge in [0.05, 0.1) is 28.8 Å². The number of anilines is 1. The van der Waals surface area contributed by atoms with Crippen LogP contribution >= 0.6 is 0 Å².